The summed E-state index contributed by atoms with van der Waals surface area (Å²) in [5.74, 6) is 2.92. The van der Waals surface area contributed by atoms with Gasteiger partial charge in [0, 0.05) is 13.7 Å². The second-order valence-corrected chi connectivity index (χ2v) is 5.19. The molecular weight excluding hydrogens is 174 g/mol. The summed E-state index contributed by atoms with van der Waals surface area (Å²) in [6.07, 6.45) is 5.75. The molecule has 1 saturated heterocycles. The first kappa shape index (κ1) is 10.4. The van der Waals surface area contributed by atoms with Gasteiger partial charge in [0.2, 0.25) is 0 Å². The fourth-order valence-corrected chi connectivity index (χ4v) is 2.74. The van der Waals surface area contributed by atoms with Gasteiger partial charge in [-0.2, -0.15) is 0 Å². The van der Waals surface area contributed by atoms with Gasteiger partial charge in [-0.05, 0) is 63.6 Å². The molecule has 14 heavy (non-hydrogen) atoms. The number of hydrogen-bond acceptors (Lipinski definition) is 2. The van der Waals surface area contributed by atoms with Crippen molar-refractivity contribution >= 4 is 0 Å². The minimum Gasteiger partial charge on any atom is -0.384 e. The molecule has 2 nitrogen and oxygen atoms in total. The molecule has 0 spiro atoms. The monoisotopic (exact) mass is 197 g/mol. The summed E-state index contributed by atoms with van der Waals surface area (Å²) in [7, 11) is 4.06. The summed E-state index contributed by atoms with van der Waals surface area (Å²) in [6, 6.07) is 0. The largest absolute Gasteiger partial charge is 0.384 e. The lowest BCUT2D eigenvalue weighted by molar-refractivity contribution is 0.172. The van der Waals surface area contributed by atoms with E-state index in [1.165, 1.54) is 38.8 Å². The molecule has 0 amide bonds. The molecule has 0 bridgehead atoms. The molecule has 2 aliphatic rings. The molecule has 0 unspecified atom stereocenters. The number of hydrogen-bond donors (Lipinski definition) is 0. The number of methoxy groups -OCH3 is 1. The van der Waals surface area contributed by atoms with Crippen LogP contribution < -0.4 is 0 Å². The van der Waals surface area contributed by atoms with Crippen molar-refractivity contribution in [1.82, 2.24) is 4.90 Å². The third-order valence-corrected chi connectivity index (χ3v) is 3.92. The standard InChI is InChI=1S/C12H23NO/c1-13-5-3-10(4-6-13)7-11-8-12(11)9-14-2/h10-12H,3-9H2,1-2H3/t11-,12-/m0/s1. The SMILES string of the molecule is COC[C@@H]1C[C@@H]1CC1CCN(C)CC1. The predicted octanol–water partition coefficient (Wildman–Crippen LogP) is 2.00. The second kappa shape index (κ2) is 4.63. The lowest BCUT2D eigenvalue weighted by Gasteiger charge is -2.29. The average Bonchev–Trinajstić information content (AvgIpc) is 2.89. The molecule has 0 aromatic carbocycles. The molecule has 1 heterocycles. The van der Waals surface area contributed by atoms with Gasteiger partial charge >= 0.3 is 0 Å². The van der Waals surface area contributed by atoms with Crippen LogP contribution in [0.25, 0.3) is 0 Å². The number of nitrogens with zero attached hydrogens (tertiary/aromatic N) is 1. The molecule has 1 aliphatic carbocycles. The summed E-state index contributed by atoms with van der Waals surface area (Å²) in [5.41, 5.74) is 0. The lowest BCUT2D eigenvalue weighted by Crippen LogP contribution is -2.30. The van der Waals surface area contributed by atoms with E-state index >= 15 is 0 Å². The van der Waals surface area contributed by atoms with E-state index in [0.717, 1.165) is 24.4 Å². The Morgan fingerprint density at radius 3 is 2.57 bits per heavy atom. The molecule has 0 radical (unpaired) electrons. The van der Waals surface area contributed by atoms with E-state index in [1.807, 2.05) is 7.11 Å². The van der Waals surface area contributed by atoms with Crippen LogP contribution in [0.3, 0.4) is 0 Å². The van der Waals surface area contributed by atoms with Crippen molar-refractivity contribution in [3.05, 3.63) is 0 Å². The van der Waals surface area contributed by atoms with Gasteiger partial charge in [0.05, 0.1) is 0 Å². The molecule has 2 atom stereocenters. The molecule has 82 valence electrons. The zero-order valence-corrected chi connectivity index (χ0v) is 9.54. The predicted molar refractivity (Wildman–Crippen MR) is 58.3 cm³/mol. The molecule has 2 fully saturated rings. The van der Waals surface area contributed by atoms with E-state index in [0.29, 0.717) is 0 Å². The van der Waals surface area contributed by atoms with Crippen molar-refractivity contribution < 1.29 is 4.74 Å². The Morgan fingerprint density at radius 1 is 1.21 bits per heavy atom. The molecular formula is C12H23NO. The Labute approximate surface area is 87.6 Å². The van der Waals surface area contributed by atoms with Crippen molar-refractivity contribution in [2.75, 3.05) is 33.9 Å². The summed E-state index contributed by atoms with van der Waals surface area (Å²) in [6.45, 7) is 3.62. The maximum absolute atomic E-state index is 5.19. The van der Waals surface area contributed by atoms with Crippen LogP contribution in [0.15, 0.2) is 0 Å². The number of ether oxygens (including phenoxy) is 1. The third kappa shape index (κ3) is 2.71. The maximum Gasteiger partial charge on any atom is 0.0493 e. The molecule has 0 N–H and O–H groups in total. The first-order chi connectivity index (χ1) is 6.79. The average molecular weight is 197 g/mol. The van der Waals surface area contributed by atoms with Crippen molar-refractivity contribution in [3.8, 4) is 0 Å². The zero-order chi connectivity index (χ0) is 9.97. The van der Waals surface area contributed by atoms with Crippen LogP contribution in [0.4, 0.5) is 0 Å². The quantitative estimate of drug-likeness (QED) is 0.683. The van der Waals surface area contributed by atoms with E-state index in [4.69, 9.17) is 4.74 Å². The van der Waals surface area contributed by atoms with E-state index < -0.39 is 0 Å². The van der Waals surface area contributed by atoms with Gasteiger partial charge in [0.15, 0.2) is 0 Å². The third-order valence-electron chi connectivity index (χ3n) is 3.92. The van der Waals surface area contributed by atoms with Crippen molar-refractivity contribution in [2.24, 2.45) is 17.8 Å². The van der Waals surface area contributed by atoms with E-state index in [-0.39, 0.29) is 0 Å². The van der Waals surface area contributed by atoms with Gasteiger partial charge in [0.1, 0.15) is 0 Å². The minimum absolute atomic E-state index is 0.902. The first-order valence-electron chi connectivity index (χ1n) is 5.97. The van der Waals surface area contributed by atoms with E-state index in [1.54, 1.807) is 0 Å². The summed E-state index contributed by atoms with van der Waals surface area (Å²) >= 11 is 0. The smallest absolute Gasteiger partial charge is 0.0493 e. The highest BCUT2D eigenvalue weighted by molar-refractivity contribution is 4.88. The number of likely N-dealkylation sites (tertiary alicyclic amines) is 1. The van der Waals surface area contributed by atoms with Crippen LogP contribution in [0.1, 0.15) is 25.7 Å². The van der Waals surface area contributed by atoms with Crippen molar-refractivity contribution in [2.45, 2.75) is 25.7 Å². The Morgan fingerprint density at radius 2 is 1.93 bits per heavy atom. The van der Waals surface area contributed by atoms with Crippen LogP contribution in [0.2, 0.25) is 0 Å². The summed E-state index contributed by atoms with van der Waals surface area (Å²) < 4.78 is 5.19. The van der Waals surface area contributed by atoms with Crippen LogP contribution in [0.5, 0.6) is 0 Å². The van der Waals surface area contributed by atoms with Crippen LogP contribution in [-0.2, 0) is 4.74 Å². The van der Waals surface area contributed by atoms with Gasteiger partial charge in [-0.3, -0.25) is 0 Å². The minimum atomic E-state index is 0.902. The molecule has 2 rings (SSSR count). The van der Waals surface area contributed by atoms with Crippen molar-refractivity contribution in [3.63, 3.8) is 0 Å². The van der Waals surface area contributed by atoms with Gasteiger partial charge in [-0.1, -0.05) is 0 Å². The molecule has 0 aromatic heterocycles. The van der Waals surface area contributed by atoms with E-state index in [9.17, 15) is 0 Å². The highest BCUT2D eigenvalue weighted by atomic mass is 16.5. The highest BCUT2D eigenvalue weighted by Crippen LogP contribution is 2.44. The van der Waals surface area contributed by atoms with Gasteiger partial charge in [-0.15, -0.1) is 0 Å². The fraction of sp³-hybridized carbons (Fsp3) is 1.00. The lowest BCUT2D eigenvalue weighted by atomic mass is 9.91. The molecule has 2 heteroatoms. The molecule has 0 aromatic rings. The Hall–Kier alpha value is -0.0800. The Bertz CT molecular complexity index is 175. The van der Waals surface area contributed by atoms with Gasteiger partial charge in [0.25, 0.3) is 0 Å². The maximum atomic E-state index is 5.19. The molecule has 1 saturated carbocycles. The Balaban J connectivity index is 1.62. The Kier molecular flexibility index (Phi) is 3.45. The van der Waals surface area contributed by atoms with Gasteiger partial charge in [-0.25, -0.2) is 0 Å². The topological polar surface area (TPSA) is 12.5 Å². The van der Waals surface area contributed by atoms with E-state index in [2.05, 4.69) is 11.9 Å². The van der Waals surface area contributed by atoms with Crippen LogP contribution >= 0.6 is 0 Å². The number of rotatable bonds is 4. The normalized spacial score (nSPS) is 34.7. The fourth-order valence-electron chi connectivity index (χ4n) is 2.74. The summed E-state index contributed by atoms with van der Waals surface area (Å²) in [5, 5.41) is 0. The zero-order valence-electron chi connectivity index (χ0n) is 9.54. The highest BCUT2D eigenvalue weighted by Gasteiger charge is 2.38. The molecule has 1 aliphatic heterocycles. The second-order valence-electron chi connectivity index (χ2n) is 5.19. The first-order valence-corrected chi connectivity index (χ1v) is 5.97. The number of piperidine rings is 1. The summed E-state index contributed by atoms with van der Waals surface area (Å²) in [4.78, 5) is 2.45. The van der Waals surface area contributed by atoms with Crippen LogP contribution in [0, 0.1) is 17.8 Å². The van der Waals surface area contributed by atoms with Gasteiger partial charge < -0.3 is 9.64 Å². The van der Waals surface area contributed by atoms with Crippen LogP contribution in [-0.4, -0.2) is 38.8 Å². The van der Waals surface area contributed by atoms with Crippen molar-refractivity contribution in [1.29, 1.82) is 0 Å².